The lowest BCUT2D eigenvalue weighted by Gasteiger charge is -2.07. The molecule has 0 aliphatic carbocycles. The maximum atomic E-state index is 9.72. The van der Waals surface area contributed by atoms with Gasteiger partial charge in [-0.25, -0.2) is 0 Å². The molecule has 0 aromatic heterocycles. The number of hydrogen-bond acceptors (Lipinski definition) is 6. The van der Waals surface area contributed by atoms with Crippen molar-refractivity contribution in [2.45, 2.75) is 6.10 Å². The predicted molar refractivity (Wildman–Crippen MR) is 35.0 cm³/mol. The van der Waals surface area contributed by atoms with E-state index in [4.69, 9.17) is 0 Å². The van der Waals surface area contributed by atoms with E-state index in [1.54, 1.807) is 0 Å². The molecule has 0 spiro atoms. The zero-order valence-corrected chi connectivity index (χ0v) is 5.91. The molecular formula is C4H6N2O6. The molecule has 8 heteroatoms. The van der Waals surface area contributed by atoms with Crippen molar-refractivity contribution in [2.24, 2.45) is 0 Å². The molecule has 8 nitrogen and oxygen atoms in total. The summed E-state index contributed by atoms with van der Waals surface area (Å²) < 4.78 is 0. The van der Waals surface area contributed by atoms with Crippen molar-refractivity contribution in [3.63, 3.8) is 0 Å². The number of hydrogen-bond donors (Lipinski definition) is 0. The lowest BCUT2D eigenvalue weighted by atomic mass is 10.4. The molecule has 68 valence electrons. The highest BCUT2D eigenvalue weighted by molar-refractivity contribution is 4.77. The maximum Gasteiger partial charge on any atom is 0.295 e. The zero-order chi connectivity index (χ0) is 9.56. The fourth-order valence-electron chi connectivity index (χ4n) is 0.386. The molecule has 1 atom stereocenters. The molecule has 0 aliphatic heterocycles. The van der Waals surface area contributed by atoms with Gasteiger partial charge in [0.2, 0.25) is 0 Å². The van der Waals surface area contributed by atoms with E-state index < -0.39 is 22.9 Å². The van der Waals surface area contributed by atoms with E-state index in [-0.39, 0.29) is 0 Å². The van der Waals surface area contributed by atoms with Crippen LogP contribution in [0.4, 0.5) is 0 Å². The van der Waals surface area contributed by atoms with Crippen molar-refractivity contribution in [1.29, 1.82) is 0 Å². The highest BCUT2D eigenvalue weighted by Gasteiger charge is 2.10. The van der Waals surface area contributed by atoms with Crippen LogP contribution in [0, 0.1) is 20.2 Å². The van der Waals surface area contributed by atoms with Gasteiger partial charge < -0.3 is 9.68 Å². The van der Waals surface area contributed by atoms with Crippen molar-refractivity contribution in [3.8, 4) is 0 Å². The van der Waals surface area contributed by atoms with Crippen LogP contribution in [0.2, 0.25) is 0 Å². The average molecular weight is 178 g/mol. The molecule has 0 aromatic rings. The van der Waals surface area contributed by atoms with Crippen LogP contribution in [0.25, 0.3) is 0 Å². The van der Waals surface area contributed by atoms with E-state index in [0.717, 1.165) is 6.08 Å². The Bertz CT molecular complexity index is 192. The highest BCUT2D eigenvalue weighted by atomic mass is 17.0. The summed E-state index contributed by atoms with van der Waals surface area (Å²) in [6, 6.07) is 0. The van der Waals surface area contributed by atoms with Gasteiger partial charge in [0.15, 0.2) is 0 Å². The zero-order valence-electron chi connectivity index (χ0n) is 5.91. The summed E-state index contributed by atoms with van der Waals surface area (Å²) in [5.41, 5.74) is 0. The summed E-state index contributed by atoms with van der Waals surface area (Å²) in [6.07, 6.45) is -0.0860. The first-order valence-corrected chi connectivity index (χ1v) is 2.77. The van der Waals surface area contributed by atoms with Gasteiger partial charge in [-0.3, -0.25) is 0 Å². The summed E-state index contributed by atoms with van der Waals surface area (Å²) in [4.78, 5) is 27.1. The molecule has 0 fully saturated rings. The molecule has 0 aromatic carbocycles. The van der Waals surface area contributed by atoms with Gasteiger partial charge in [-0.05, 0) is 0 Å². The van der Waals surface area contributed by atoms with Crippen LogP contribution in [-0.4, -0.2) is 22.9 Å². The van der Waals surface area contributed by atoms with Gasteiger partial charge in [0.1, 0.15) is 12.7 Å². The second kappa shape index (κ2) is 4.88. The highest BCUT2D eigenvalue weighted by Crippen LogP contribution is 1.94. The smallest absolute Gasteiger partial charge is 0.295 e. The second-order valence-electron chi connectivity index (χ2n) is 1.62. The molecule has 1 unspecified atom stereocenters. The van der Waals surface area contributed by atoms with Crippen LogP contribution in [0.3, 0.4) is 0 Å². The minimum atomic E-state index is -1.12. The van der Waals surface area contributed by atoms with Gasteiger partial charge in [-0.2, -0.15) is 0 Å². The van der Waals surface area contributed by atoms with Crippen molar-refractivity contribution in [3.05, 3.63) is 32.9 Å². The third-order valence-electron chi connectivity index (χ3n) is 0.829. The summed E-state index contributed by atoms with van der Waals surface area (Å²) in [5.74, 6) is 0. The van der Waals surface area contributed by atoms with E-state index in [0.29, 0.717) is 0 Å². The van der Waals surface area contributed by atoms with E-state index in [2.05, 4.69) is 16.3 Å². The predicted octanol–water partition coefficient (Wildman–Crippen LogP) is -0.0424. The van der Waals surface area contributed by atoms with Crippen LogP contribution >= 0.6 is 0 Å². The Morgan fingerprint density at radius 3 is 2.33 bits per heavy atom. The molecule has 12 heavy (non-hydrogen) atoms. The van der Waals surface area contributed by atoms with Crippen LogP contribution < -0.4 is 0 Å². The average Bonchev–Trinajstić information content (AvgIpc) is 1.97. The van der Waals surface area contributed by atoms with Gasteiger partial charge in [0.25, 0.3) is 10.2 Å². The largest absolute Gasteiger partial charge is 0.311 e. The standard InChI is InChI=1S/C4H6N2O6/c1-2-4(12-6(9)10)3-11-5(7)8/h2,4H,1,3H2. The SMILES string of the molecule is C=CC(CO[N+](=O)[O-])O[N+](=O)[O-]. The maximum absolute atomic E-state index is 9.72. The van der Waals surface area contributed by atoms with Crippen molar-refractivity contribution in [1.82, 2.24) is 0 Å². The first-order chi connectivity index (χ1) is 5.56. The first kappa shape index (κ1) is 10.1. The van der Waals surface area contributed by atoms with Crippen LogP contribution in [0.1, 0.15) is 0 Å². The summed E-state index contributed by atoms with van der Waals surface area (Å²) in [6.45, 7) is 2.62. The Balaban J connectivity index is 3.75. The molecule has 0 rings (SSSR count). The Morgan fingerprint density at radius 1 is 1.42 bits per heavy atom. The topological polar surface area (TPSA) is 105 Å². The molecule has 0 bridgehead atoms. The molecule has 0 radical (unpaired) electrons. The Labute approximate surface area is 66.6 Å². The van der Waals surface area contributed by atoms with E-state index in [9.17, 15) is 20.2 Å². The quantitative estimate of drug-likeness (QED) is 0.321. The van der Waals surface area contributed by atoms with Gasteiger partial charge in [0.05, 0.1) is 0 Å². The molecule has 0 saturated heterocycles. The molecule has 0 aliphatic rings. The Kier molecular flexibility index (Phi) is 4.12. The fourth-order valence-corrected chi connectivity index (χ4v) is 0.386. The van der Waals surface area contributed by atoms with Crippen LogP contribution in [-0.2, 0) is 9.68 Å². The Morgan fingerprint density at radius 2 is 2.00 bits per heavy atom. The van der Waals surface area contributed by atoms with Crippen molar-refractivity contribution in [2.75, 3.05) is 6.61 Å². The molecule has 0 N–H and O–H groups in total. The van der Waals surface area contributed by atoms with Crippen LogP contribution in [0.5, 0.6) is 0 Å². The first-order valence-electron chi connectivity index (χ1n) is 2.77. The van der Waals surface area contributed by atoms with Gasteiger partial charge in [0, 0.05) is 0 Å². The normalized spacial score (nSPS) is 11.3. The van der Waals surface area contributed by atoms with Gasteiger partial charge in [-0.1, -0.05) is 6.08 Å². The van der Waals surface area contributed by atoms with E-state index >= 15 is 0 Å². The van der Waals surface area contributed by atoms with Gasteiger partial charge >= 0.3 is 0 Å². The molecule has 0 amide bonds. The summed E-state index contributed by atoms with van der Waals surface area (Å²) in [7, 11) is 0. The van der Waals surface area contributed by atoms with E-state index in [1.165, 1.54) is 0 Å². The number of nitrogens with zero attached hydrogens (tertiary/aromatic N) is 2. The molecular weight excluding hydrogens is 172 g/mol. The monoisotopic (exact) mass is 178 g/mol. The Hall–Kier alpha value is -1.86. The second-order valence-corrected chi connectivity index (χ2v) is 1.62. The minimum absolute atomic E-state index is 0.544. The van der Waals surface area contributed by atoms with E-state index in [1.807, 2.05) is 0 Å². The van der Waals surface area contributed by atoms with Crippen molar-refractivity contribution < 1.29 is 19.8 Å². The molecule has 0 heterocycles. The van der Waals surface area contributed by atoms with Crippen molar-refractivity contribution >= 4 is 0 Å². The third-order valence-corrected chi connectivity index (χ3v) is 0.829. The number of rotatable bonds is 6. The third kappa shape index (κ3) is 4.97. The fraction of sp³-hybridized carbons (Fsp3) is 0.500. The molecule has 0 saturated carbocycles. The lowest BCUT2D eigenvalue weighted by molar-refractivity contribution is -0.787. The van der Waals surface area contributed by atoms with Gasteiger partial charge in [-0.15, -0.1) is 26.8 Å². The summed E-state index contributed by atoms with van der Waals surface area (Å²) in [5, 5.41) is 17.2. The lowest BCUT2D eigenvalue weighted by Crippen LogP contribution is -2.22. The van der Waals surface area contributed by atoms with Crippen LogP contribution in [0.15, 0.2) is 12.7 Å². The summed E-state index contributed by atoms with van der Waals surface area (Å²) >= 11 is 0. The minimum Gasteiger partial charge on any atom is -0.311 e.